The first-order valence-electron chi connectivity index (χ1n) is 6.07. The minimum Gasteiger partial charge on any atom is -0.0853 e. The summed E-state index contributed by atoms with van der Waals surface area (Å²) in [5, 5.41) is 0. The van der Waals surface area contributed by atoms with Crippen molar-refractivity contribution in [3.63, 3.8) is 0 Å². The van der Waals surface area contributed by atoms with Gasteiger partial charge in [-0.05, 0) is 23.6 Å². The molecule has 1 heterocycles. The van der Waals surface area contributed by atoms with Crippen molar-refractivity contribution < 1.29 is 0 Å². The van der Waals surface area contributed by atoms with Gasteiger partial charge in [0.1, 0.15) is 0 Å². The van der Waals surface area contributed by atoms with Gasteiger partial charge in [-0.25, -0.2) is 0 Å². The number of allylic oxidation sites excluding steroid dienone is 5. The fraction of sp³-hybridized carbons (Fsp3) is 0.200. The van der Waals surface area contributed by atoms with Gasteiger partial charge in [-0.15, -0.1) is 0 Å². The molecule has 0 saturated carbocycles. The van der Waals surface area contributed by atoms with Crippen molar-refractivity contribution in [3.05, 3.63) is 59.1 Å². The van der Waals surface area contributed by atoms with E-state index in [4.69, 9.17) is 0 Å². The number of fused-ring (bicyclic) bond motifs is 2. The quantitative estimate of drug-likeness (QED) is 0.619. The van der Waals surface area contributed by atoms with E-state index in [0.29, 0.717) is 6.71 Å². The highest BCUT2D eigenvalue weighted by molar-refractivity contribution is 6.82. The summed E-state index contributed by atoms with van der Waals surface area (Å²) in [4.78, 5) is 0. The van der Waals surface area contributed by atoms with Crippen LogP contribution in [-0.4, -0.2) is 6.71 Å². The van der Waals surface area contributed by atoms with Gasteiger partial charge in [0.05, 0.1) is 0 Å². The van der Waals surface area contributed by atoms with Crippen molar-refractivity contribution in [2.24, 2.45) is 0 Å². The summed E-state index contributed by atoms with van der Waals surface area (Å²) in [6, 6.07) is 8.78. The van der Waals surface area contributed by atoms with Gasteiger partial charge in [-0.3, -0.25) is 0 Å². The second kappa shape index (κ2) is 3.82. The normalized spacial score (nSPS) is 17.4. The predicted molar refractivity (Wildman–Crippen MR) is 72.1 cm³/mol. The van der Waals surface area contributed by atoms with Gasteiger partial charge < -0.3 is 0 Å². The van der Waals surface area contributed by atoms with E-state index in [9.17, 15) is 0 Å². The molecule has 0 fully saturated rings. The fourth-order valence-corrected chi connectivity index (χ4v) is 2.81. The van der Waals surface area contributed by atoms with Crippen molar-refractivity contribution in [2.45, 2.75) is 19.7 Å². The van der Waals surface area contributed by atoms with Crippen LogP contribution in [0.3, 0.4) is 0 Å². The standard InChI is InChI=1S/C15H15B/c1-2-16-14-9-5-3-7-12(14)11-13-8-4-6-10-15(13)16/h3-5,7-11H,2,6H2,1H3. The second-order valence-corrected chi connectivity index (χ2v) is 4.49. The molecule has 1 heteroatoms. The Balaban J connectivity index is 2.20. The number of benzene rings is 1. The Morgan fingerprint density at radius 3 is 3.00 bits per heavy atom. The lowest BCUT2D eigenvalue weighted by molar-refractivity contribution is 1.30. The summed E-state index contributed by atoms with van der Waals surface area (Å²) in [7, 11) is 0. The molecule has 0 saturated heterocycles. The van der Waals surface area contributed by atoms with E-state index >= 15 is 0 Å². The van der Waals surface area contributed by atoms with Crippen LogP contribution in [0.25, 0.3) is 6.08 Å². The molecule has 1 aromatic rings. The molecule has 0 nitrogen and oxygen atoms in total. The van der Waals surface area contributed by atoms with Crippen molar-refractivity contribution in [2.75, 3.05) is 0 Å². The van der Waals surface area contributed by atoms with Crippen LogP contribution >= 0.6 is 0 Å². The van der Waals surface area contributed by atoms with Crippen LogP contribution in [0.15, 0.2) is 53.5 Å². The monoisotopic (exact) mass is 206 g/mol. The zero-order valence-electron chi connectivity index (χ0n) is 9.61. The van der Waals surface area contributed by atoms with Crippen LogP contribution in [0.1, 0.15) is 18.9 Å². The fourth-order valence-electron chi connectivity index (χ4n) is 2.81. The second-order valence-electron chi connectivity index (χ2n) is 4.49. The van der Waals surface area contributed by atoms with E-state index in [1.54, 1.807) is 0 Å². The number of hydrogen-bond donors (Lipinski definition) is 0. The van der Waals surface area contributed by atoms with Gasteiger partial charge in [0.2, 0.25) is 6.71 Å². The summed E-state index contributed by atoms with van der Waals surface area (Å²) < 4.78 is 0. The third kappa shape index (κ3) is 1.39. The summed E-state index contributed by atoms with van der Waals surface area (Å²) in [6.07, 6.45) is 11.5. The van der Waals surface area contributed by atoms with Crippen LogP contribution < -0.4 is 5.46 Å². The Morgan fingerprint density at radius 2 is 2.12 bits per heavy atom. The lowest BCUT2D eigenvalue weighted by Crippen LogP contribution is -2.37. The van der Waals surface area contributed by atoms with Crippen molar-refractivity contribution >= 4 is 18.3 Å². The molecule has 0 bridgehead atoms. The zero-order valence-corrected chi connectivity index (χ0v) is 9.61. The van der Waals surface area contributed by atoms with E-state index in [1.807, 2.05) is 0 Å². The molecule has 1 aromatic carbocycles. The maximum atomic E-state index is 2.38. The van der Waals surface area contributed by atoms with Gasteiger partial charge in [0.15, 0.2) is 0 Å². The van der Waals surface area contributed by atoms with E-state index < -0.39 is 0 Å². The van der Waals surface area contributed by atoms with Gasteiger partial charge in [0.25, 0.3) is 0 Å². The third-order valence-electron chi connectivity index (χ3n) is 3.57. The lowest BCUT2D eigenvalue weighted by Gasteiger charge is -2.26. The summed E-state index contributed by atoms with van der Waals surface area (Å²) in [5.41, 5.74) is 5.84. The van der Waals surface area contributed by atoms with Crippen LogP contribution in [-0.2, 0) is 0 Å². The Labute approximate surface area is 97.5 Å². The van der Waals surface area contributed by atoms with Crippen molar-refractivity contribution in [1.82, 2.24) is 0 Å². The smallest absolute Gasteiger partial charge is 0.0853 e. The highest BCUT2D eigenvalue weighted by atomic mass is 14.1. The van der Waals surface area contributed by atoms with Gasteiger partial charge in [0, 0.05) is 0 Å². The van der Waals surface area contributed by atoms with E-state index in [0.717, 1.165) is 6.42 Å². The molecule has 3 rings (SSSR count). The number of rotatable bonds is 1. The maximum absolute atomic E-state index is 2.38. The Bertz CT molecular complexity index is 506. The first-order chi connectivity index (χ1) is 7.90. The predicted octanol–water partition coefficient (Wildman–Crippen LogP) is 3.23. The SMILES string of the molecule is CCB1C2=CCC=CC2=Cc2ccccc21. The van der Waals surface area contributed by atoms with Gasteiger partial charge >= 0.3 is 0 Å². The van der Waals surface area contributed by atoms with Gasteiger partial charge in [-0.2, -0.15) is 0 Å². The Morgan fingerprint density at radius 1 is 1.25 bits per heavy atom. The molecule has 0 unspecified atom stereocenters. The summed E-state index contributed by atoms with van der Waals surface area (Å²) in [6.45, 7) is 2.88. The maximum Gasteiger partial charge on any atom is 0.210 e. The van der Waals surface area contributed by atoms with Crippen LogP contribution in [0.2, 0.25) is 6.32 Å². The zero-order chi connectivity index (χ0) is 11.0. The highest BCUT2D eigenvalue weighted by Crippen LogP contribution is 2.28. The van der Waals surface area contributed by atoms with Crippen molar-refractivity contribution in [3.8, 4) is 0 Å². The molecule has 16 heavy (non-hydrogen) atoms. The van der Waals surface area contributed by atoms with Crippen LogP contribution in [0.5, 0.6) is 0 Å². The average molecular weight is 206 g/mol. The molecule has 0 N–H and O–H groups in total. The first-order valence-corrected chi connectivity index (χ1v) is 6.07. The Kier molecular flexibility index (Phi) is 2.32. The van der Waals surface area contributed by atoms with Crippen molar-refractivity contribution in [1.29, 1.82) is 0 Å². The topological polar surface area (TPSA) is 0 Å². The molecular weight excluding hydrogens is 191 g/mol. The van der Waals surface area contributed by atoms with Crippen LogP contribution in [0.4, 0.5) is 0 Å². The largest absolute Gasteiger partial charge is 0.210 e. The molecule has 1 aliphatic heterocycles. The van der Waals surface area contributed by atoms with E-state index in [2.05, 4.69) is 55.5 Å². The molecule has 1 aliphatic carbocycles. The summed E-state index contributed by atoms with van der Waals surface area (Å²) >= 11 is 0. The molecule has 0 spiro atoms. The van der Waals surface area contributed by atoms with Crippen LogP contribution in [0, 0.1) is 0 Å². The minimum absolute atomic E-state index is 0.598. The van der Waals surface area contributed by atoms with E-state index in [1.165, 1.54) is 28.4 Å². The van der Waals surface area contributed by atoms with Gasteiger partial charge in [-0.1, -0.05) is 66.7 Å². The molecule has 0 amide bonds. The molecule has 78 valence electrons. The molecule has 2 aliphatic rings. The first kappa shape index (κ1) is 9.71. The third-order valence-corrected chi connectivity index (χ3v) is 3.57. The lowest BCUT2D eigenvalue weighted by atomic mass is 9.34. The highest BCUT2D eigenvalue weighted by Gasteiger charge is 2.27. The molecular formula is C15H15B. The minimum atomic E-state index is 0.598. The molecule has 0 atom stereocenters. The number of hydrogen-bond acceptors (Lipinski definition) is 0. The Hall–Kier alpha value is -1.50. The average Bonchev–Trinajstić information content (AvgIpc) is 2.36. The van der Waals surface area contributed by atoms with E-state index in [-0.39, 0.29) is 0 Å². The molecule has 0 aromatic heterocycles. The summed E-state index contributed by atoms with van der Waals surface area (Å²) in [5.74, 6) is 0. The molecule has 0 radical (unpaired) electrons.